The maximum absolute atomic E-state index is 13.3. The smallest absolute Gasteiger partial charge is 0.431 e. The number of aromatic nitrogens is 1. The standard InChI is InChI=1S/C20H16F3N3O2S/c1-12-5-7-13(8-6-12)17(28)10-18(20(21,22)23)25-26-19-24-16(11-29-19)14-3-2-4-15(27)9-14/h2-9,11,27H,10H2,1H3,(H,24,26)/b25-18+. The highest BCUT2D eigenvalue weighted by atomic mass is 32.1. The fraction of sp³-hybridized carbons (Fsp3) is 0.150. The second-order valence-electron chi connectivity index (χ2n) is 6.22. The van der Waals surface area contributed by atoms with Gasteiger partial charge in [-0.1, -0.05) is 42.0 Å². The van der Waals surface area contributed by atoms with Crippen molar-refractivity contribution < 1.29 is 23.1 Å². The third-order valence-corrected chi connectivity index (χ3v) is 4.71. The first kappa shape index (κ1) is 20.5. The number of benzene rings is 2. The van der Waals surface area contributed by atoms with Gasteiger partial charge in [0.25, 0.3) is 0 Å². The van der Waals surface area contributed by atoms with Gasteiger partial charge in [-0.25, -0.2) is 4.98 Å². The number of ketones is 1. The number of nitrogens with one attached hydrogen (secondary N) is 1. The van der Waals surface area contributed by atoms with Crippen molar-refractivity contribution in [1.82, 2.24) is 4.98 Å². The number of hydrogen-bond donors (Lipinski definition) is 2. The molecule has 1 heterocycles. The van der Waals surface area contributed by atoms with Crippen LogP contribution in [0.2, 0.25) is 0 Å². The maximum Gasteiger partial charge on any atom is 0.431 e. The highest BCUT2D eigenvalue weighted by Gasteiger charge is 2.37. The van der Waals surface area contributed by atoms with E-state index in [9.17, 15) is 23.1 Å². The summed E-state index contributed by atoms with van der Waals surface area (Å²) in [4.78, 5) is 16.4. The lowest BCUT2D eigenvalue weighted by Crippen LogP contribution is -2.27. The number of hydrazone groups is 1. The van der Waals surface area contributed by atoms with E-state index in [2.05, 4.69) is 15.5 Å². The monoisotopic (exact) mass is 419 g/mol. The topological polar surface area (TPSA) is 74.6 Å². The minimum atomic E-state index is -4.77. The molecule has 150 valence electrons. The summed E-state index contributed by atoms with van der Waals surface area (Å²) in [5.41, 5.74) is 3.23. The van der Waals surface area contributed by atoms with E-state index in [0.29, 0.717) is 11.3 Å². The van der Waals surface area contributed by atoms with Gasteiger partial charge in [0.05, 0.1) is 12.1 Å². The number of carbonyl (C=O) groups is 1. The average Bonchev–Trinajstić information content (AvgIpc) is 3.13. The third-order valence-electron chi connectivity index (χ3n) is 3.96. The summed E-state index contributed by atoms with van der Waals surface area (Å²) in [5.74, 6) is -0.625. The van der Waals surface area contributed by atoms with Crippen LogP contribution in [0.15, 0.2) is 59.0 Å². The van der Waals surface area contributed by atoms with Crippen LogP contribution in [0.3, 0.4) is 0 Å². The minimum absolute atomic E-state index is 0.0528. The van der Waals surface area contributed by atoms with Gasteiger partial charge in [0.1, 0.15) is 11.5 Å². The number of Topliss-reactive ketones (excluding diaryl/α,β-unsaturated/α-hetero) is 1. The molecule has 1 aromatic heterocycles. The number of rotatable bonds is 6. The molecule has 0 bridgehead atoms. The molecule has 0 aliphatic heterocycles. The number of phenols is 1. The van der Waals surface area contributed by atoms with E-state index in [4.69, 9.17) is 0 Å². The molecule has 0 radical (unpaired) electrons. The summed E-state index contributed by atoms with van der Waals surface area (Å²) in [5, 5.41) is 14.7. The van der Waals surface area contributed by atoms with Crippen LogP contribution < -0.4 is 5.43 Å². The zero-order valence-corrected chi connectivity index (χ0v) is 16.0. The predicted octanol–water partition coefficient (Wildman–Crippen LogP) is 5.43. The molecule has 3 rings (SSSR count). The van der Waals surface area contributed by atoms with Crippen molar-refractivity contribution in [3.63, 3.8) is 0 Å². The van der Waals surface area contributed by atoms with Gasteiger partial charge in [0.15, 0.2) is 5.78 Å². The Labute approximate surface area is 168 Å². The largest absolute Gasteiger partial charge is 0.508 e. The Bertz CT molecular complexity index is 1040. The number of thiazole rings is 1. The molecule has 0 fully saturated rings. The molecule has 29 heavy (non-hydrogen) atoms. The lowest BCUT2D eigenvalue weighted by Gasteiger charge is -2.10. The molecular weight excluding hydrogens is 403 g/mol. The molecule has 0 saturated carbocycles. The van der Waals surface area contributed by atoms with E-state index in [-0.39, 0.29) is 16.4 Å². The van der Waals surface area contributed by atoms with E-state index in [1.54, 1.807) is 29.6 Å². The minimum Gasteiger partial charge on any atom is -0.508 e. The van der Waals surface area contributed by atoms with Crippen molar-refractivity contribution in [2.75, 3.05) is 5.43 Å². The van der Waals surface area contributed by atoms with Gasteiger partial charge in [-0.15, -0.1) is 11.3 Å². The quantitative estimate of drug-likeness (QED) is 0.318. The third kappa shape index (κ3) is 5.41. The Kier molecular flexibility index (Phi) is 5.97. The summed E-state index contributed by atoms with van der Waals surface area (Å²) in [6, 6.07) is 12.6. The van der Waals surface area contributed by atoms with E-state index < -0.39 is 24.1 Å². The number of aromatic hydroxyl groups is 1. The Hall–Kier alpha value is -3.20. The number of nitrogens with zero attached hydrogens (tertiary/aromatic N) is 2. The lowest BCUT2D eigenvalue weighted by atomic mass is 10.0. The van der Waals surface area contributed by atoms with Gasteiger partial charge in [0, 0.05) is 16.5 Å². The van der Waals surface area contributed by atoms with Crippen molar-refractivity contribution in [1.29, 1.82) is 0 Å². The van der Waals surface area contributed by atoms with Crippen LogP contribution in [-0.2, 0) is 0 Å². The molecule has 0 unspecified atom stereocenters. The summed E-state index contributed by atoms with van der Waals surface area (Å²) in [6.07, 6.45) is -5.65. The number of alkyl halides is 3. The van der Waals surface area contributed by atoms with Gasteiger partial charge in [-0.05, 0) is 19.1 Å². The Morgan fingerprint density at radius 1 is 1.21 bits per heavy atom. The number of hydrogen-bond acceptors (Lipinski definition) is 6. The van der Waals surface area contributed by atoms with Crippen molar-refractivity contribution in [3.05, 3.63) is 65.0 Å². The number of aryl methyl sites for hydroxylation is 1. The molecule has 0 aliphatic carbocycles. The highest BCUT2D eigenvalue weighted by Crippen LogP contribution is 2.28. The van der Waals surface area contributed by atoms with Crippen LogP contribution in [0.25, 0.3) is 11.3 Å². The van der Waals surface area contributed by atoms with Crippen molar-refractivity contribution in [3.8, 4) is 17.0 Å². The first-order chi connectivity index (χ1) is 13.7. The fourth-order valence-electron chi connectivity index (χ4n) is 2.43. The van der Waals surface area contributed by atoms with Gasteiger partial charge in [-0.3, -0.25) is 10.2 Å². The maximum atomic E-state index is 13.3. The van der Waals surface area contributed by atoms with Crippen molar-refractivity contribution in [2.24, 2.45) is 5.10 Å². The number of phenolic OH excluding ortho intramolecular Hbond substituents is 1. The van der Waals surface area contributed by atoms with Crippen molar-refractivity contribution in [2.45, 2.75) is 19.5 Å². The zero-order valence-electron chi connectivity index (χ0n) is 15.2. The molecule has 9 heteroatoms. The molecule has 5 nitrogen and oxygen atoms in total. The molecular formula is C20H16F3N3O2S. The van der Waals surface area contributed by atoms with Gasteiger partial charge in [0.2, 0.25) is 5.13 Å². The molecule has 0 atom stereocenters. The predicted molar refractivity (Wildman–Crippen MR) is 106 cm³/mol. The van der Waals surface area contributed by atoms with Gasteiger partial charge in [-0.2, -0.15) is 18.3 Å². The Morgan fingerprint density at radius 2 is 1.93 bits per heavy atom. The highest BCUT2D eigenvalue weighted by molar-refractivity contribution is 7.14. The molecule has 2 aromatic carbocycles. The van der Waals surface area contributed by atoms with E-state index in [1.165, 1.54) is 24.3 Å². The van der Waals surface area contributed by atoms with E-state index >= 15 is 0 Å². The molecule has 0 amide bonds. The average molecular weight is 419 g/mol. The lowest BCUT2D eigenvalue weighted by molar-refractivity contribution is -0.0602. The van der Waals surface area contributed by atoms with Crippen LogP contribution in [0.4, 0.5) is 18.3 Å². The second kappa shape index (κ2) is 8.44. The normalized spacial score (nSPS) is 12.1. The molecule has 2 N–H and O–H groups in total. The fourth-order valence-corrected chi connectivity index (χ4v) is 3.10. The summed E-state index contributed by atoms with van der Waals surface area (Å²) >= 11 is 1.06. The van der Waals surface area contributed by atoms with Crippen LogP contribution >= 0.6 is 11.3 Å². The first-order valence-corrected chi connectivity index (χ1v) is 9.35. The van der Waals surface area contributed by atoms with Crippen LogP contribution in [0.1, 0.15) is 22.3 Å². The van der Waals surface area contributed by atoms with Crippen molar-refractivity contribution >= 4 is 28.0 Å². The summed E-state index contributed by atoms with van der Waals surface area (Å²) in [7, 11) is 0. The SMILES string of the molecule is Cc1ccc(C(=O)C/C(=N\Nc2nc(-c3cccc(O)c3)cs2)C(F)(F)F)cc1. The summed E-state index contributed by atoms with van der Waals surface area (Å²) in [6.45, 7) is 1.82. The molecule has 3 aromatic rings. The van der Waals surface area contributed by atoms with Crippen LogP contribution in [0.5, 0.6) is 5.75 Å². The molecule has 0 aliphatic rings. The van der Waals surface area contributed by atoms with Crippen LogP contribution in [-0.4, -0.2) is 27.8 Å². The number of halogens is 3. The number of anilines is 1. The van der Waals surface area contributed by atoms with Gasteiger partial charge < -0.3 is 5.11 Å². The Balaban J connectivity index is 1.76. The Morgan fingerprint density at radius 3 is 2.59 bits per heavy atom. The zero-order chi connectivity index (χ0) is 21.0. The molecule has 0 saturated heterocycles. The first-order valence-electron chi connectivity index (χ1n) is 8.47. The van der Waals surface area contributed by atoms with E-state index in [1.807, 2.05) is 6.92 Å². The van der Waals surface area contributed by atoms with E-state index in [0.717, 1.165) is 16.9 Å². The summed E-state index contributed by atoms with van der Waals surface area (Å²) < 4.78 is 39.9. The van der Waals surface area contributed by atoms with Crippen LogP contribution in [0, 0.1) is 6.92 Å². The number of carbonyl (C=O) groups excluding carboxylic acids is 1. The van der Waals surface area contributed by atoms with Gasteiger partial charge >= 0.3 is 6.18 Å². The molecule has 0 spiro atoms. The second-order valence-corrected chi connectivity index (χ2v) is 7.08.